The number of halogens is 2. The number of amides is 2. The molecule has 3 rings (SSSR count). The first kappa shape index (κ1) is 32.2. The average molecular weight is 621 g/mol. The van der Waals surface area contributed by atoms with Gasteiger partial charge in [-0.25, -0.2) is 8.42 Å². The molecule has 2 amide bonds. The number of rotatable bonds is 11. The Morgan fingerprint density at radius 1 is 0.951 bits per heavy atom. The number of carbonyl (C=O) groups excluding carboxylic acids is 2. The standard InChI is InChI=1S/C30H35Cl2N3O5S/c1-6-40-25-15-13-24(14-16-25)35(41(38,39)26-17-11-23(31)12-18-26)20-28(36)34(19-22-9-7-8-10-27(22)32)21(2)29(37)33-30(3,4)5/h7-18,21H,6,19-20H2,1-5H3,(H,33,37). The van der Waals surface area contributed by atoms with Gasteiger partial charge in [-0.3, -0.25) is 13.9 Å². The first-order valence-electron chi connectivity index (χ1n) is 13.1. The Morgan fingerprint density at radius 2 is 1.56 bits per heavy atom. The molecule has 1 atom stereocenters. The second-order valence-corrected chi connectivity index (χ2v) is 13.1. The number of nitrogens with one attached hydrogen (secondary N) is 1. The Kier molecular flexibility index (Phi) is 10.7. The van der Waals surface area contributed by atoms with Gasteiger partial charge in [0.25, 0.3) is 10.0 Å². The van der Waals surface area contributed by atoms with E-state index in [0.717, 1.165) is 4.31 Å². The summed E-state index contributed by atoms with van der Waals surface area (Å²) in [4.78, 5) is 28.5. The van der Waals surface area contributed by atoms with E-state index >= 15 is 0 Å². The van der Waals surface area contributed by atoms with E-state index in [1.54, 1.807) is 55.5 Å². The summed E-state index contributed by atoms with van der Waals surface area (Å²) in [6, 6.07) is 18.2. The van der Waals surface area contributed by atoms with Crippen molar-refractivity contribution in [1.82, 2.24) is 10.2 Å². The van der Waals surface area contributed by atoms with E-state index in [4.69, 9.17) is 27.9 Å². The topological polar surface area (TPSA) is 96.0 Å². The van der Waals surface area contributed by atoms with E-state index in [1.807, 2.05) is 27.7 Å². The van der Waals surface area contributed by atoms with Crippen molar-refractivity contribution in [3.05, 3.63) is 88.4 Å². The number of benzene rings is 3. The van der Waals surface area contributed by atoms with Gasteiger partial charge < -0.3 is 15.0 Å². The lowest BCUT2D eigenvalue weighted by Gasteiger charge is -2.33. The van der Waals surface area contributed by atoms with Crippen LogP contribution in [0.15, 0.2) is 77.7 Å². The zero-order valence-corrected chi connectivity index (χ0v) is 26.1. The second kappa shape index (κ2) is 13.6. The summed E-state index contributed by atoms with van der Waals surface area (Å²) in [5, 5.41) is 3.69. The van der Waals surface area contributed by atoms with Gasteiger partial charge in [-0.05, 0) is 94.8 Å². The summed E-state index contributed by atoms with van der Waals surface area (Å²) in [7, 11) is -4.22. The maximum absolute atomic E-state index is 14.0. The molecule has 220 valence electrons. The fourth-order valence-electron chi connectivity index (χ4n) is 4.00. The zero-order valence-electron chi connectivity index (χ0n) is 23.7. The zero-order chi connectivity index (χ0) is 30.4. The molecule has 1 N–H and O–H groups in total. The van der Waals surface area contributed by atoms with Crippen LogP contribution in [0.3, 0.4) is 0 Å². The SMILES string of the molecule is CCOc1ccc(N(CC(=O)N(Cc2ccccc2Cl)C(C)C(=O)NC(C)(C)C)S(=O)(=O)c2ccc(Cl)cc2)cc1. The van der Waals surface area contributed by atoms with Crippen molar-refractivity contribution in [2.24, 2.45) is 0 Å². The summed E-state index contributed by atoms with van der Waals surface area (Å²) in [6.45, 7) is 8.82. The number of hydrogen-bond donors (Lipinski definition) is 1. The number of ether oxygens (including phenoxy) is 1. The number of sulfonamides is 1. The number of anilines is 1. The van der Waals surface area contributed by atoms with E-state index < -0.39 is 34.1 Å². The molecule has 0 aliphatic heterocycles. The third-order valence-electron chi connectivity index (χ3n) is 6.08. The van der Waals surface area contributed by atoms with Gasteiger partial charge in [-0.1, -0.05) is 41.4 Å². The molecule has 0 aliphatic rings. The summed E-state index contributed by atoms with van der Waals surface area (Å²) in [6.07, 6.45) is 0. The van der Waals surface area contributed by atoms with E-state index in [2.05, 4.69) is 5.32 Å². The van der Waals surface area contributed by atoms with Crippen molar-refractivity contribution in [2.45, 2.75) is 57.6 Å². The van der Waals surface area contributed by atoms with Crippen molar-refractivity contribution >= 4 is 50.7 Å². The molecular formula is C30H35Cl2N3O5S. The van der Waals surface area contributed by atoms with Crippen molar-refractivity contribution in [3.8, 4) is 5.75 Å². The Labute approximate surface area is 252 Å². The fraction of sp³-hybridized carbons (Fsp3) is 0.333. The van der Waals surface area contributed by atoms with Crippen LogP contribution in [-0.2, 0) is 26.2 Å². The van der Waals surface area contributed by atoms with Crippen molar-refractivity contribution in [1.29, 1.82) is 0 Å². The maximum Gasteiger partial charge on any atom is 0.264 e. The second-order valence-electron chi connectivity index (χ2n) is 10.4. The minimum atomic E-state index is -4.22. The molecule has 11 heteroatoms. The Balaban J connectivity index is 2.05. The van der Waals surface area contributed by atoms with Gasteiger partial charge in [0.1, 0.15) is 18.3 Å². The molecular weight excluding hydrogens is 585 g/mol. The van der Waals surface area contributed by atoms with Gasteiger partial charge in [-0.2, -0.15) is 0 Å². The Hall–Kier alpha value is -3.27. The van der Waals surface area contributed by atoms with Gasteiger partial charge in [0.15, 0.2) is 0 Å². The van der Waals surface area contributed by atoms with E-state index in [1.165, 1.54) is 29.2 Å². The lowest BCUT2D eigenvalue weighted by molar-refractivity contribution is -0.140. The van der Waals surface area contributed by atoms with Gasteiger partial charge in [-0.15, -0.1) is 0 Å². The van der Waals surface area contributed by atoms with E-state index in [-0.39, 0.29) is 23.0 Å². The quantitative estimate of drug-likeness (QED) is 0.287. The van der Waals surface area contributed by atoms with Crippen LogP contribution in [0, 0.1) is 0 Å². The normalized spacial score (nSPS) is 12.4. The van der Waals surface area contributed by atoms with Gasteiger partial charge in [0.05, 0.1) is 17.2 Å². The van der Waals surface area contributed by atoms with Gasteiger partial charge in [0.2, 0.25) is 11.8 Å². The van der Waals surface area contributed by atoms with Crippen molar-refractivity contribution in [3.63, 3.8) is 0 Å². The predicted octanol–water partition coefficient (Wildman–Crippen LogP) is 5.92. The van der Waals surface area contributed by atoms with Crippen LogP contribution in [0.1, 0.15) is 40.2 Å². The van der Waals surface area contributed by atoms with Crippen LogP contribution in [0.25, 0.3) is 0 Å². The highest BCUT2D eigenvalue weighted by molar-refractivity contribution is 7.92. The number of carbonyl (C=O) groups is 2. The minimum absolute atomic E-state index is 0.00462. The lowest BCUT2D eigenvalue weighted by atomic mass is 10.1. The van der Waals surface area contributed by atoms with Crippen LogP contribution in [0.2, 0.25) is 10.0 Å². The third kappa shape index (κ3) is 8.61. The molecule has 0 saturated heterocycles. The molecule has 3 aromatic carbocycles. The summed E-state index contributed by atoms with van der Waals surface area (Å²) in [5.41, 5.74) is 0.323. The Morgan fingerprint density at radius 3 is 2.12 bits per heavy atom. The minimum Gasteiger partial charge on any atom is -0.494 e. The summed E-state index contributed by atoms with van der Waals surface area (Å²) in [5.74, 6) is -0.418. The molecule has 0 radical (unpaired) electrons. The first-order chi connectivity index (χ1) is 19.2. The first-order valence-corrected chi connectivity index (χ1v) is 15.3. The molecule has 8 nitrogen and oxygen atoms in total. The highest BCUT2D eigenvalue weighted by atomic mass is 35.5. The third-order valence-corrected chi connectivity index (χ3v) is 8.49. The maximum atomic E-state index is 14.0. The number of nitrogens with zero attached hydrogens (tertiary/aromatic N) is 2. The van der Waals surface area contributed by atoms with Crippen LogP contribution < -0.4 is 14.4 Å². The van der Waals surface area contributed by atoms with Crippen LogP contribution in [0.4, 0.5) is 5.69 Å². The molecule has 41 heavy (non-hydrogen) atoms. The van der Waals surface area contributed by atoms with Crippen molar-refractivity contribution < 1.29 is 22.7 Å². The molecule has 1 unspecified atom stereocenters. The summed E-state index contributed by atoms with van der Waals surface area (Å²) >= 11 is 12.4. The van der Waals surface area contributed by atoms with Gasteiger partial charge >= 0.3 is 0 Å². The predicted molar refractivity (Wildman–Crippen MR) is 163 cm³/mol. The molecule has 0 saturated carbocycles. The van der Waals surface area contributed by atoms with E-state index in [9.17, 15) is 18.0 Å². The molecule has 0 heterocycles. The van der Waals surface area contributed by atoms with Crippen LogP contribution in [-0.4, -0.2) is 49.9 Å². The lowest BCUT2D eigenvalue weighted by Crippen LogP contribution is -2.54. The largest absolute Gasteiger partial charge is 0.494 e. The van der Waals surface area contributed by atoms with Gasteiger partial charge in [0, 0.05) is 22.1 Å². The monoisotopic (exact) mass is 619 g/mol. The van der Waals surface area contributed by atoms with Crippen molar-refractivity contribution in [2.75, 3.05) is 17.5 Å². The molecule has 0 aromatic heterocycles. The highest BCUT2D eigenvalue weighted by Gasteiger charge is 2.33. The smallest absolute Gasteiger partial charge is 0.264 e. The average Bonchev–Trinajstić information content (AvgIpc) is 2.90. The summed E-state index contributed by atoms with van der Waals surface area (Å²) < 4.78 is 34.3. The van der Waals surface area contributed by atoms with Crippen LogP contribution >= 0.6 is 23.2 Å². The molecule has 0 bridgehead atoms. The van der Waals surface area contributed by atoms with Crippen LogP contribution in [0.5, 0.6) is 5.75 Å². The Bertz CT molecular complexity index is 1460. The van der Waals surface area contributed by atoms with E-state index in [0.29, 0.717) is 28.0 Å². The molecule has 0 spiro atoms. The molecule has 3 aromatic rings. The molecule has 0 fully saturated rings. The number of hydrogen-bond acceptors (Lipinski definition) is 5. The fourth-order valence-corrected chi connectivity index (χ4v) is 5.74. The highest BCUT2D eigenvalue weighted by Crippen LogP contribution is 2.28. The molecule has 0 aliphatic carbocycles.